The van der Waals surface area contributed by atoms with Crippen LogP contribution in [-0.4, -0.2) is 35.6 Å². The van der Waals surface area contributed by atoms with E-state index >= 15 is 0 Å². The van der Waals surface area contributed by atoms with E-state index in [0.29, 0.717) is 13.2 Å². The predicted octanol–water partition coefficient (Wildman–Crippen LogP) is 2.52. The number of rotatable bonds is 11. The summed E-state index contributed by atoms with van der Waals surface area (Å²) < 4.78 is 0. The van der Waals surface area contributed by atoms with Gasteiger partial charge in [0, 0.05) is 19.7 Å². The molecule has 0 bridgehead atoms. The van der Waals surface area contributed by atoms with Gasteiger partial charge < -0.3 is 10.0 Å². The minimum absolute atomic E-state index is 0.0230. The van der Waals surface area contributed by atoms with Gasteiger partial charge >= 0.3 is 0 Å². The zero-order valence-electron chi connectivity index (χ0n) is 10.7. The monoisotopic (exact) mass is 239 g/mol. The molecule has 0 saturated heterocycles. The van der Waals surface area contributed by atoms with E-state index in [1.165, 1.54) is 12.5 Å². The van der Waals surface area contributed by atoms with Crippen LogP contribution < -0.4 is 0 Å². The molecule has 1 N–H and O–H groups in total. The van der Waals surface area contributed by atoms with Gasteiger partial charge in [0.05, 0.1) is 0 Å². The summed E-state index contributed by atoms with van der Waals surface area (Å²) >= 11 is 0. The average molecular weight is 239 g/mol. The number of aliphatic hydroxyl groups is 1. The molecule has 0 aromatic heterocycles. The van der Waals surface area contributed by atoms with Gasteiger partial charge in [-0.2, -0.15) is 0 Å². The minimum Gasteiger partial charge on any atom is -0.396 e. The molecule has 0 aliphatic carbocycles. The van der Waals surface area contributed by atoms with E-state index in [0.717, 1.165) is 38.6 Å². The van der Waals surface area contributed by atoms with Crippen LogP contribution in [0.3, 0.4) is 0 Å². The number of hydrogen-bond donors (Lipinski definition) is 1. The van der Waals surface area contributed by atoms with Gasteiger partial charge in [0.15, 0.2) is 0 Å². The van der Waals surface area contributed by atoms with Crippen LogP contribution in [0.25, 0.3) is 0 Å². The molecule has 3 heteroatoms. The topological polar surface area (TPSA) is 40.5 Å². The highest BCUT2D eigenvalue weighted by atomic mass is 16.2. The number of carbonyl (C=O) groups excluding carboxylic acids is 1. The van der Waals surface area contributed by atoms with E-state index in [4.69, 9.17) is 5.11 Å². The van der Waals surface area contributed by atoms with Crippen LogP contribution in [0.2, 0.25) is 0 Å². The lowest BCUT2D eigenvalue weighted by Gasteiger charge is -2.19. The molecule has 0 spiro atoms. The predicted molar refractivity (Wildman–Crippen MR) is 71.8 cm³/mol. The van der Waals surface area contributed by atoms with Crippen LogP contribution in [0, 0.1) is 0 Å². The van der Waals surface area contributed by atoms with Crippen molar-refractivity contribution in [1.82, 2.24) is 4.90 Å². The average Bonchev–Trinajstić information content (AvgIpc) is 2.35. The molecule has 3 nitrogen and oxygen atoms in total. The fourth-order valence-corrected chi connectivity index (χ4v) is 1.70. The lowest BCUT2D eigenvalue weighted by atomic mass is 10.1. The highest BCUT2D eigenvalue weighted by Gasteiger charge is 2.06. The van der Waals surface area contributed by atoms with E-state index in [2.05, 4.69) is 13.2 Å². The third kappa shape index (κ3) is 8.69. The van der Waals surface area contributed by atoms with Gasteiger partial charge in [0.2, 0.25) is 5.91 Å². The van der Waals surface area contributed by atoms with Crippen molar-refractivity contribution in [2.24, 2.45) is 0 Å². The molecule has 0 rings (SSSR count). The van der Waals surface area contributed by atoms with E-state index in [-0.39, 0.29) is 5.91 Å². The molecule has 0 atom stereocenters. The van der Waals surface area contributed by atoms with Gasteiger partial charge in [-0.05, 0) is 18.9 Å². The third-order valence-corrected chi connectivity index (χ3v) is 2.67. The lowest BCUT2D eigenvalue weighted by Crippen LogP contribution is -2.30. The molecule has 1 amide bonds. The second kappa shape index (κ2) is 11.4. The number of nitrogens with zero attached hydrogens (tertiary/aromatic N) is 1. The Morgan fingerprint density at radius 3 is 2.18 bits per heavy atom. The summed E-state index contributed by atoms with van der Waals surface area (Å²) in [4.78, 5) is 13.2. The van der Waals surface area contributed by atoms with Gasteiger partial charge in [-0.1, -0.05) is 38.3 Å². The standard InChI is InChI=1S/C14H25NO2/c1-3-11-15(14(17)4-2)12-9-7-5-6-8-10-13-16/h3-4,16H,1-2,5-13H2. The maximum absolute atomic E-state index is 11.4. The number of aliphatic hydroxyl groups excluding tert-OH is 1. The molecule has 0 heterocycles. The zero-order valence-corrected chi connectivity index (χ0v) is 10.7. The Morgan fingerprint density at radius 2 is 1.65 bits per heavy atom. The van der Waals surface area contributed by atoms with Crippen LogP contribution in [0.5, 0.6) is 0 Å². The molecular weight excluding hydrogens is 214 g/mol. The molecule has 0 aromatic rings. The molecule has 17 heavy (non-hydrogen) atoms. The normalized spacial score (nSPS) is 9.94. The first-order chi connectivity index (χ1) is 8.26. The number of hydrogen-bond acceptors (Lipinski definition) is 2. The molecule has 0 aliphatic rings. The van der Waals surface area contributed by atoms with Crippen LogP contribution >= 0.6 is 0 Å². The van der Waals surface area contributed by atoms with Crippen molar-refractivity contribution in [2.45, 2.75) is 38.5 Å². The smallest absolute Gasteiger partial charge is 0.246 e. The Kier molecular flexibility index (Phi) is 10.7. The second-order valence-corrected chi connectivity index (χ2v) is 4.12. The van der Waals surface area contributed by atoms with E-state index in [1.807, 2.05) is 0 Å². The summed E-state index contributed by atoms with van der Waals surface area (Å²) in [6, 6.07) is 0. The molecule has 0 aliphatic heterocycles. The summed E-state index contributed by atoms with van der Waals surface area (Å²) in [6.45, 7) is 8.80. The summed E-state index contributed by atoms with van der Waals surface area (Å²) in [5.41, 5.74) is 0. The minimum atomic E-state index is -0.0230. The first-order valence-corrected chi connectivity index (χ1v) is 6.39. The van der Waals surface area contributed by atoms with Crippen LogP contribution in [0.4, 0.5) is 0 Å². The van der Waals surface area contributed by atoms with Gasteiger partial charge in [-0.25, -0.2) is 0 Å². The quantitative estimate of drug-likeness (QED) is 0.342. The summed E-state index contributed by atoms with van der Waals surface area (Å²) in [6.07, 6.45) is 9.57. The Balaban J connectivity index is 3.57. The zero-order chi connectivity index (χ0) is 12.9. The van der Waals surface area contributed by atoms with Crippen molar-refractivity contribution in [2.75, 3.05) is 19.7 Å². The number of unbranched alkanes of at least 4 members (excludes halogenated alkanes) is 5. The SMILES string of the molecule is C=CCN(CCCCCCCCO)C(=O)C=C. The fraction of sp³-hybridized carbons (Fsp3) is 0.643. The van der Waals surface area contributed by atoms with E-state index in [9.17, 15) is 4.79 Å². The van der Waals surface area contributed by atoms with Crippen molar-refractivity contribution >= 4 is 5.91 Å². The number of amides is 1. The molecule has 98 valence electrons. The third-order valence-electron chi connectivity index (χ3n) is 2.67. The maximum atomic E-state index is 11.4. The number of carbonyl (C=O) groups is 1. The highest BCUT2D eigenvalue weighted by Crippen LogP contribution is 2.06. The van der Waals surface area contributed by atoms with Crippen molar-refractivity contribution in [3.05, 3.63) is 25.3 Å². The molecule has 0 fully saturated rings. The van der Waals surface area contributed by atoms with Gasteiger partial charge in [0.25, 0.3) is 0 Å². The highest BCUT2D eigenvalue weighted by molar-refractivity contribution is 5.87. The fourth-order valence-electron chi connectivity index (χ4n) is 1.70. The molecule has 0 aromatic carbocycles. The second-order valence-electron chi connectivity index (χ2n) is 4.12. The van der Waals surface area contributed by atoms with Crippen molar-refractivity contribution < 1.29 is 9.90 Å². The summed E-state index contributed by atoms with van der Waals surface area (Å²) in [5, 5.41) is 8.63. The molecular formula is C14H25NO2. The summed E-state index contributed by atoms with van der Waals surface area (Å²) in [5.74, 6) is -0.0230. The van der Waals surface area contributed by atoms with Crippen molar-refractivity contribution in [3.63, 3.8) is 0 Å². The Labute approximate surface area is 105 Å². The Hall–Kier alpha value is -1.09. The van der Waals surface area contributed by atoms with Crippen LogP contribution in [0.1, 0.15) is 38.5 Å². The van der Waals surface area contributed by atoms with Gasteiger partial charge in [0.1, 0.15) is 0 Å². The Bertz CT molecular complexity index is 226. The molecule has 0 saturated carbocycles. The Morgan fingerprint density at radius 1 is 1.06 bits per heavy atom. The molecule has 0 unspecified atom stereocenters. The first kappa shape index (κ1) is 15.9. The maximum Gasteiger partial charge on any atom is 0.246 e. The largest absolute Gasteiger partial charge is 0.396 e. The first-order valence-electron chi connectivity index (χ1n) is 6.39. The van der Waals surface area contributed by atoms with Gasteiger partial charge in [-0.3, -0.25) is 4.79 Å². The van der Waals surface area contributed by atoms with Gasteiger partial charge in [-0.15, -0.1) is 6.58 Å². The van der Waals surface area contributed by atoms with E-state index in [1.54, 1.807) is 11.0 Å². The van der Waals surface area contributed by atoms with E-state index < -0.39 is 0 Å². The molecule has 0 radical (unpaired) electrons. The summed E-state index contributed by atoms with van der Waals surface area (Å²) in [7, 11) is 0. The lowest BCUT2D eigenvalue weighted by molar-refractivity contribution is -0.125. The van der Waals surface area contributed by atoms with Crippen molar-refractivity contribution in [1.29, 1.82) is 0 Å². The van der Waals surface area contributed by atoms with Crippen LogP contribution in [-0.2, 0) is 4.79 Å². The van der Waals surface area contributed by atoms with Crippen LogP contribution in [0.15, 0.2) is 25.3 Å². The van der Waals surface area contributed by atoms with Crippen molar-refractivity contribution in [3.8, 4) is 0 Å².